The smallest absolute Gasteiger partial charge is 0.407 e. The molecule has 8 heteroatoms. The fourth-order valence-corrected chi connectivity index (χ4v) is 3.26. The SMILES string of the molecule is COC(=O)c1c2cc3cc(OC)ccc3c-2[nH]n1CCCNC(=O)OC(C)(C)C. The third-order valence-electron chi connectivity index (χ3n) is 4.47. The van der Waals surface area contributed by atoms with E-state index in [-0.39, 0.29) is 0 Å². The van der Waals surface area contributed by atoms with E-state index < -0.39 is 17.7 Å². The van der Waals surface area contributed by atoms with Gasteiger partial charge in [-0.1, -0.05) is 0 Å². The number of rotatable bonds is 6. The highest BCUT2D eigenvalue weighted by molar-refractivity contribution is 6.07. The second kappa shape index (κ2) is 8.06. The molecule has 0 atom stereocenters. The van der Waals surface area contributed by atoms with Crippen LogP contribution in [0.2, 0.25) is 0 Å². The molecule has 0 aromatic heterocycles. The molecule has 1 heterocycles. The number of aromatic amines is 1. The van der Waals surface area contributed by atoms with Gasteiger partial charge in [0.25, 0.3) is 0 Å². The number of H-pyrrole nitrogens is 1. The normalized spacial score (nSPS) is 11.6. The van der Waals surface area contributed by atoms with Crippen molar-refractivity contribution in [1.82, 2.24) is 15.1 Å². The zero-order chi connectivity index (χ0) is 21.2. The largest absolute Gasteiger partial charge is 0.497 e. The number of ether oxygens (including phenoxy) is 3. The summed E-state index contributed by atoms with van der Waals surface area (Å²) in [4.78, 5) is 24.2. The number of esters is 1. The van der Waals surface area contributed by atoms with Gasteiger partial charge in [-0.25, -0.2) is 9.59 Å². The second-order valence-corrected chi connectivity index (χ2v) is 7.77. The Morgan fingerprint density at radius 1 is 1.17 bits per heavy atom. The molecule has 1 amide bonds. The van der Waals surface area contributed by atoms with Gasteiger partial charge < -0.3 is 19.5 Å². The number of benzene rings is 1. The lowest BCUT2D eigenvalue weighted by Gasteiger charge is -2.19. The van der Waals surface area contributed by atoms with Gasteiger partial charge in [0.15, 0.2) is 5.69 Å². The molecule has 2 aliphatic rings. The molecular formula is C21H27N3O5. The Hall–Kier alpha value is -3.16. The molecule has 3 rings (SSSR count). The van der Waals surface area contributed by atoms with Crippen LogP contribution in [0.1, 0.15) is 37.7 Å². The van der Waals surface area contributed by atoms with Crippen molar-refractivity contribution in [2.24, 2.45) is 0 Å². The van der Waals surface area contributed by atoms with Crippen molar-refractivity contribution in [1.29, 1.82) is 0 Å². The first-order valence-electron chi connectivity index (χ1n) is 9.47. The molecule has 0 radical (unpaired) electrons. The first-order valence-corrected chi connectivity index (χ1v) is 9.47. The molecule has 1 aliphatic heterocycles. The van der Waals surface area contributed by atoms with Gasteiger partial charge in [-0.15, -0.1) is 0 Å². The molecule has 0 bridgehead atoms. The molecule has 0 spiro atoms. The lowest BCUT2D eigenvalue weighted by molar-refractivity contribution is 0.0522. The highest BCUT2D eigenvalue weighted by Crippen LogP contribution is 2.37. The monoisotopic (exact) mass is 401 g/mol. The first kappa shape index (κ1) is 20.6. The number of carbonyl (C=O) groups excluding carboxylic acids is 2. The molecule has 1 aliphatic carbocycles. The minimum atomic E-state index is -0.539. The molecule has 1 aromatic rings. The maximum absolute atomic E-state index is 12.4. The molecule has 0 unspecified atom stereocenters. The average Bonchev–Trinajstić information content (AvgIpc) is 3.17. The van der Waals surface area contributed by atoms with E-state index in [4.69, 9.17) is 14.2 Å². The van der Waals surface area contributed by atoms with E-state index in [9.17, 15) is 9.59 Å². The molecule has 156 valence electrons. The third-order valence-corrected chi connectivity index (χ3v) is 4.47. The summed E-state index contributed by atoms with van der Waals surface area (Å²) in [6.07, 6.45) is 0.156. The van der Waals surface area contributed by atoms with E-state index in [1.54, 1.807) is 11.8 Å². The van der Waals surface area contributed by atoms with Crippen molar-refractivity contribution in [3.05, 3.63) is 30.0 Å². The molecule has 8 nitrogen and oxygen atoms in total. The van der Waals surface area contributed by atoms with Crippen molar-refractivity contribution in [3.63, 3.8) is 0 Å². The van der Waals surface area contributed by atoms with Crippen molar-refractivity contribution in [2.45, 2.75) is 39.3 Å². The van der Waals surface area contributed by atoms with Crippen molar-refractivity contribution in [3.8, 4) is 17.0 Å². The predicted octanol–water partition coefficient (Wildman–Crippen LogP) is 3.78. The number of carbonyl (C=O) groups is 2. The van der Waals surface area contributed by atoms with Crippen LogP contribution >= 0.6 is 0 Å². The molecule has 1 aromatic carbocycles. The van der Waals surface area contributed by atoms with Crippen LogP contribution in [-0.4, -0.2) is 48.2 Å². The van der Waals surface area contributed by atoms with Crippen LogP contribution in [0.3, 0.4) is 0 Å². The van der Waals surface area contributed by atoms with E-state index >= 15 is 0 Å². The summed E-state index contributed by atoms with van der Waals surface area (Å²) in [6.45, 7) is 6.37. The number of fused-ring (bicyclic) bond motifs is 3. The Morgan fingerprint density at radius 3 is 2.59 bits per heavy atom. The number of hydrogen-bond donors (Lipinski definition) is 2. The van der Waals surface area contributed by atoms with Crippen molar-refractivity contribution >= 4 is 22.8 Å². The number of hydrogen-bond acceptors (Lipinski definition) is 5. The summed E-state index contributed by atoms with van der Waals surface area (Å²) in [6, 6.07) is 7.72. The lowest BCUT2D eigenvalue weighted by Crippen LogP contribution is -2.33. The zero-order valence-electron chi connectivity index (χ0n) is 17.4. The van der Waals surface area contributed by atoms with Crippen LogP contribution in [0.15, 0.2) is 24.3 Å². The van der Waals surface area contributed by atoms with Gasteiger partial charge in [-0.05, 0) is 56.8 Å². The van der Waals surface area contributed by atoms with Crippen molar-refractivity contribution in [2.75, 3.05) is 20.8 Å². The molecular weight excluding hydrogens is 374 g/mol. The fourth-order valence-electron chi connectivity index (χ4n) is 3.26. The maximum atomic E-state index is 12.4. The van der Waals surface area contributed by atoms with Gasteiger partial charge >= 0.3 is 12.1 Å². The zero-order valence-corrected chi connectivity index (χ0v) is 17.4. The highest BCUT2D eigenvalue weighted by Gasteiger charge is 2.25. The number of amides is 1. The number of alkyl carbamates (subject to hydrolysis) is 1. The van der Waals surface area contributed by atoms with Crippen LogP contribution in [-0.2, 0) is 16.0 Å². The van der Waals surface area contributed by atoms with Gasteiger partial charge in [-0.3, -0.25) is 9.78 Å². The van der Waals surface area contributed by atoms with Crippen molar-refractivity contribution < 1.29 is 23.8 Å². The van der Waals surface area contributed by atoms with E-state index in [0.717, 1.165) is 27.8 Å². The topological polar surface area (TPSA) is 94.6 Å². The summed E-state index contributed by atoms with van der Waals surface area (Å²) < 4.78 is 17.3. The van der Waals surface area contributed by atoms with Gasteiger partial charge in [-0.2, -0.15) is 0 Å². The first-order chi connectivity index (χ1) is 13.7. The highest BCUT2D eigenvalue weighted by atomic mass is 16.6. The minimum absolute atomic E-state index is 0.418. The molecule has 2 N–H and O–H groups in total. The summed E-state index contributed by atoms with van der Waals surface area (Å²) >= 11 is 0. The Kier molecular flexibility index (Phi) is 5.72. The van der Waals surface area contributed by atoms with Gasteiger partial charge in [0.2, 0.25) is 0 Å². The molecule has 0 saturated heterocycles. The summed E-state index contributed by atoms with van der Waals surface area (Å²) in [5.74, 6) is 0.337. The van der Waals surface area contributed by atoms with Crippen LogP contribution < -0.4 is 10.1 Å². The number of aryl methyl sites for hydroxylation is 1. The van der Waals surface area contributed by atoms with E-state index in [2.05, 4.69) is 10.4 Å². The number of nitrogens with one attached hydrogen (secondary N) is 2. The van der Waals surface area contributed by atoms with Gasteiger partial charge in [0.1, 0.15) is 11.4 Å². The second-order valence-electron chi connectivity index (χ2n) is 7.77. The van der Waals surface area contributed by atoms with E-state index in [1.165, 1.54) is 7.11 Å². The molecule has 0 saturated carbocycles. The lowest BCUT2D eigenvalue weighted by atomic mass is 10.2. The van der Waals surface area contributed by atoms with Crippen LogP contribution in [0.25, 0.3) is 22.0 Å². The molecule has 29 heavy (non-hydrogen) atoms. The Morgan fingerprint density at radius 2 is 1.93 bits per heavy atom. The fraction of sp³-hybridized carbons (Fsp3) is 0.429. The van der Waals surface area contributed by atoms with Crippen LogP contribution in [0.4, 0.5) is 4.79 Å². The average molecular weight is 401 g/mol. The quantitative estimate of drug-likeness (QED) is 0.484. The van der Waals surface area contributed by atoms with E-state index in [1.807, 2.05) is 45.0 Å². The summed E-state index contributed by atoms with van der Waals surface area (Å²) in [5.41, 5.74) is 1.57. The number of aromatic nitrogens is 2. The summed E-state index contributed by atoms with van der Waals surface area (Å²) in [5, 5.41) is 8.00. The Labute approximate surface area is 169 Å². The number of nitrogens with zero attached hydrogens (tertiary/aromatic N) is 1. The Balaban J connectivity index is 1.79. The van der Waals surface area contributed by atoms with E-state index in [0.29, 0.717) is 25.2 Å². The number of methoxy groups -OCH3 is 2. The maximum Gasteiger partial charge on any atom is 0.407 e. The van der Waals surface area contributed by atoms with Crippen LogP contribution in [0, 0.1) is 0 Å². The van der Waals surface area contributed by atoms with Gasteiger partial charge in [0, 0.05) is 24.0 Å². The molecule has 0 fully saturated rings. The van der Waals surface area contributed by atoms with Crippen LogP contribution in [0.5, 0.6) is 5.75 Å². The Bertz CT molecular complexity index is 996. The standard InChI is InChI=1S/C21H27N3O5/c1-21(2,3)29-20(26)22-9-6-10-24-18(19(25)28-5)16-12-13-11-14(27-4)7-8-15(13)17(16)23-24/h7-8,11-12,23H,6,9-10H2,1-5H3,(H,22,26). The van der Waals surface area contributed by atoms with Gasteiger partial charge in [0.05, 0.1) is 19.9 Å². The third kappa shape index (κ3) is 4.47. The summed E-state index contributed by atoms with van der Waals surface area (Å²) in [7, 11) is 2.98. The minimum Gasteiger partial charge on any atom is -0.497 e. The predicted molar refractivity (Wildman–Crippen MR) is 110 cm³/mol.